The molecular weight excluding hydrogens is 883 g/mol. The van der Waals surface area contributed by atoms with E-state index in [-0.39, 0.29) is 61.4 Å². The summed E-state index contributed by atoms with van der Waals surface area (Å²) in [5, 5.41) is 31.5. The molecule has 0 spiro atoms. The van der Waals surface area contributed by atoms with Crippen molar-refractivity contribution in [2.45, 2.75) is 114 Å². The number of thioether (sulfide) groups is 1. The molecule has 7 atom stereocenters. The summed E-state index contributed by atoms with van der Waals surface area (Å²) >= 11 is 6.05. The first kappa shape index (κ1) is 52.1. The number of hydrogen-bond acceptors (Lipinski definition) is 12. The number of H-pyrrole nitrogens is 1. The molecule has 2 fully saturated rings. The van der Waals surface area contributed by atoms with E-state index in [4.69, 9.17) is 10.9 Å². The molecule has 0 radical (unpaired) electrons. The van der Waals surface area contributed by atoms with Crippen molar-refractivity contribution in [2.24, 2.45) is 17.6 Å². The normalized spacial score (nSPS) is 18.2. The van der Waals surface area contributed by atoms with Gasteiger partial charge in [0.25, 0.3) is 0 Å². The zero-order chi connectivity index (χ0) is 47.5. The number of unbranched alkanes of at least 4 members (excludes halogenated alkanes) is 2. The molecular formula is C42H63N11O10S2. The van der Waals surface area contributed by atoms with Gasteiger partial charge in [0.15, 0.2) is 0 Å². The number of benzene rings is 1. The summed E-state index contributed by atoms with van der Waals surface area (Å²) < 4.78 is 0. The molecule has 21 nitrogen and oxygen atoms in total. The van der Waals surface area contributed by atoms with E-state index in [2.05, 4.69) is 60.1 Å². The highest BCUT2D eigenvalue weighted by atomic mass is 32.2. The molecule has 10 amide bonds. The number of aromatic amines is 1. The van der Waals surface area contributed by atoms with Crippen LogP contribution in [0.3, 0.4) is 0 Å². The van der Waals surface area contributed by atoms with Crippen LogP contribution in [-0.2, 0) is 44.8 Å². The van der Waals surface area contributed by atoms with E-state index < -0.39 is 78.5 Å². The third-order valence-electron chi connectivity index (χ3n) is 11.1. The maximum absolute atomic E-state index is 13.8. The Morgan fingerprint density at radius 1 is 0.831 bits per heavy atom. The minimum Gasteiger partial charge on any atom is -0.368 e. The van der Waals surface area contributed by atoms with E-state index in [0.29, 0.717) is 36.6 Å². The Morgan fingerprint density at radius 3 is 2.29 bits per heavy atom. The Hall–Kier alpha value is -5.55. The topological polar surface area (TPSA) is 324 Å². The predicted molar refractivity (Wildman–Crippen MR) is 245 cm³/mol. The SMILES string of the molecule is CC(C)CC(CC(=O)NO)C(=O)N[C@@H](Cc1c[nH]c2ccccc12)C(=O)N[C@@H](CS)C(=O)NCC(=O)NCC(=O)N[C@@H](CCCCNC(=O)CCCC[C@@H]1SC[C@@H]2NC(=O)N[C@@H]21)C(N)=O. The molecule has 0 aliphatic carbocycles. The first-order chi connectivity index (χ1) is 31.1. The third-order valence-corrected chi connectivity index (χ3v) is 13.0. The van der Waals surface area contributed by atoms with E-state index in [0.717, 1.165) is 35.9 Å². The van der Waals surface area contributed by atoms with Crippen molar-refractivity contribution < 1.29 is 48.4 Å². The lowest BCUT2D eigenvalue weighted by atomic mass is 9.92. The number of fused-ring (bicyclic) bond motifs is 2. The first-order valence-corrected chi connectivity index (χ1v) is 23.5. The molecule has 2 aliphatic heterocycles. The number of amides is 10. The van der Waals surface area contributed by atoms with Crippen molar-refractivity contribution in [1.29, 1.82) is 0 Å². The van der Waals surface area contributed by atoms with Crippen LogP contribution in [0.5, 0.6) is 0 Å². The Balaban J connectivity index is 1.17. The number of nitrogens with two attached hydrogens (primary N) is 1. The van der Waals surface area contributed by atoms with E-state index in [1.54, 1.807) is 6.20 Å². The monoisotopic (exact) mass is 945 g/mol. The smallest absolute Gasteiger partial charge is 0.315 e. The molecule has 2 aromatic rings. The van der Waals surface area contributed by atoms with Gasteiger partial charge >= 0.3 is 6.03 Å². The highest BCUT2D eigenvalue weighted by molar-refractivity contribution is 8.00. The van der Waals surface area contributed by atoms with Crippen LogP contribution in [0.4, 0.5) is 4.79 Å². The van der Waals surface area contributed by atoms with Crippen molar-refractivity contribution in [3.05, 3.63) is 36.0 Å². The number of primary amides is 1. The summed E-state index contributed by atoms with van der Waals surface area (Å²) in [5.74, 6) is -5.36. The van der Waals surface area contributed by atoms with Crippen molar-refractivity contribution in [1.82, 2.24) is 53.0 Å². The molecule has 358 valence electrons. The van der Waals surface area contributed by atoms with Crippen molar-refractivity contribution >= 4 is 88.6 Å². The standard InChI is InChI=1S/C42H63N11O10S2/c1-23(2)15-24(17-34(55)53-63)39(59)49-29(16-25-18-45-27-10-4-3-9-26(25)27)41(61)50-30(21-64)40(60)47-19-35(56)46-20-36(57)48-28(38(43)58)11-7-8-14-44-33(54)13-6-5-12-32-37-31(22-65-32)51-42(62)52-37/h3-4,9-10,18,23-24,28-32,37,45,63-64H,5-8,11-17,19-22H2,1-2H3,(H2,43,58)(H,44,54)(H,46,56)(H,47,60)(H,48,57)(H,49,59)(H,50,61)(H,53,55)(H2,51,52,62)/t24?,28-,29-,30-,31-,32-,37-/m0/s1. The fourth-order valence-corrected chi connectivity index (χ4v) is 9.53. The van der Waals surface area contributed by atoms with Gasteiger partial charge in [-0.15, -0.1) is 0 Å². The Bertz CT molecular complexity index is 2000. The number of aromatic nitrogens is 1. The average molecular weight is 946 g/mol. The van der Waals surface area contributed by atoms with Gasteiger partial charge in [-0.25, -0.2) is 10.3 Å². The quantitative estimate of drug-likeness (QED) is 0.0168. The summed E-state index contributed by atoms with van der Waals surface area (Å²) in [4.78, 5) is 117. The van der Waals surface area contributed by atoms with Crippen LogP contribution in [-0.4, -0.2) is 130 Å². The predicted octanol–water partition coefficient (Wildman–Crippen LogP) is -0.618. The Kier molecular flexibility index (Phi) is 21.2. The van der Waals surface area contributed by atoms with Gasteiger partial charge in [0, 0.05) is 65.6 Å². The lowest BCUT2D eigenvalue weighted by molar-refractivity contribution is -0.137. The highest BCUT2D eigenvalue weighted by Gasteiger charge is 2.42. The molecule has 65 heavy (non-hydrogen) atoms. The minimum atomic E-state index is -1.25. The fourth-order valence-electron chi connectivity index (χ4n) is 7.73. The molecule has 23 heteroatoms. The number of carbonyl (C=O) groups excluding carboxylic acids is 9. The summed E-state index contributed by atoms with van der Waals surface area (Å²) in [7, 11) is 0. The van der Waals surface area contributed by atoms with Gasteiger partial charge in [-0.05, 0) is 56.1 Å². The number of rotatable bonds is 28. The molecule has 13 N–H and O–H groups in total. The van der Waals surface area contributed by atoms with Gasteiger partial charge in [-0.2, -0.15) is 24.4 Å². The van der Waals surface area contributed by atoms with Crippen molar-refractivity contribution in [3.8, 4) is 0 Å². The van der Waals surface area contributed by atoms with Crippen LogP contribution in [0.25, 0.3) is 10.9 Å². The van der Waals surface area contributed by atoms with E-state index >= 15 is 0 Å². The lowest BCUT2D eigenvalue weighted by Crippen LogP contribution is -2.56. The second kappa shape index (κ2) is 26.4. The second-order valence-electron chi connectivity index (χ2n) is 16.7. The van der Waals surface area contributed by atoms with Crippen LogP contribution < -0.4 is 53.7 Å². The van der Waals surface area contributed by atoms with Crippen molar-refractivity contribution in [3.63, 3.8) is 0 Å². The molecule has 0 saturated carbocycles. The number of nitrogens with one attached hydrogen (secondary N) is 10. The van der Waals surface area contributed by atoms with Crippen LogP contribution in [0.1, 0.15) is 77.2 Å². The number of urea groups is 1. The maximum Gasteiger partial charge on any atom is 0.315 e. The Morgan fingerprint density at radius 2 is 1.57 bits per heavy atom. The second-order valence-corrected chi connectivity index (χ2v) is 18.3. The largest absolute Gasteiger partial charge is 0.368 e. The van der Waals surface area contributed by atoms with Gasteiger partial charge in [-0.3, -0.25) is 43.6 Å². The molecule has 1 aromatic carbocycles. The zero-order valence-electron chi connectivity index (χ0n) is 36.7. The minimum absolute atomic E-state index is 0.00202. The van der Waals surface area contributed by atoms with Gasteiger partial charge in [0.2, 0.25) is 47.3 Å². The van der Waals surface area contributed by atoms with E-state index in [1.165, 1.54) is 5.48 Å². The molecule has 2 aliphatic rings. The van der Waals surface area contributed by atoms with E-state index in [9.17, 15) is 43.2 Å². The fraction of sp³-hybridized carbons (Fsp3) is 0.595. The number of hydrogen-bond donors (Lipinski definition) is 13. The molecule has 3 heterocycles. The van der Waals surface area contributed by atoms with Crippen LogP contribution in [0.2, 0.25) is 0 Å². The van der Waals surface area contributed by atoms with Crippen molar-refractivity contribution in [2.75, 3.05) is 31.1 Å². The average Bonchev–Trinajstić information content (AvgIpc) is 3.97. The summed E-state index contributed by atoms with van der Waals surface area (Å²) in [6, 6.07) is 4.05. The van der Waals surface area contributed by atoms with Gasteiger partial charge < -0.3 is 53.3 Å². The van der Waals surface area contributed by atoms with Gasteiger partial charge in [0.05, 0.1) is 25.2 Å². The van der Waals surface area contributed by atoms with Gasteiger partial charge in [0.1, 0.15) is 18.1 Å². The zero-order valence-corrected chi connectivity index (χ0v) is 38.4. The highest BCUT2D eigenvalue weighted by Crippen LogP contribution is 2.33. The summed E-state index contributed by atoms with van der Waals surface area (Å²) in [6.07, 6.45) is 5.76. The molecule has 4 rings (SSSR count). The Labute approximate surface area is 386 Å². The molecule has 2 saturated heterocycles. The molecule has 1 unspecified atom stereocenters. The number of hydroxylamine groups is 1. The number of carbonyl (C=O) groups is 9. The summed E-state index contributed by atoms with van der Waals surface area (Å²) in [5.41, 5.74) is 8.52. The maximum atomic E-state index is 13.8. The molecule has 0 bridgehead atoms. The molecule has 1 aromatic heterocycles. The van der Waals surface area contributed by atoms with Crippen LogP contribution in [0.15, 0.2) is 30.5 Å². The summed E-state index contributed by atoms with van der Waals surface area (Å²) in [6.45, 7) is 3.00. The number of thiol groups is 1. The first-order valence-electron chi connectivity index (χ1n) is 21.9. The van der Waals surface area contributed by atoms with Crippen LogP contribution >= 0.6 is 24.4 Å². The van der Waals surface area contributed by atoms with E-state index in [1.807, 2.05) is 49.9 Å². The number of para-hydroxylation sites is 1. The lowest BCUT2D eigenvalue weighted by Gasteiger charge is -2.25. The van der Waals surface area contributed by atoms with Crippen LogP contribution in [0, 0.1) is 11.8 Å². The third kappa shape index (κ3) is 17.1. The van der Waals surface area contributed by atoms with Gasteiger partial charge in [-0.1, -0.05) is 38.5 Å².